The summed E-state index contributed by atoms with van der Waals surface area (Å²) in [5.41, 5.74) is 6.54. The van der Waals surface area contributed by atoms with E-state index in [0.29, 0.717) is 37.3 Å². The van der Waals surface area contributed by atoms with Crippen LogP contribution in [0.25, 0.3) is 0 Å². The lowest BCUT2D eigenvalue weighted by atomic mass is 10.2. The van der Waals surface area contributed by atoms with Crippen LogP contribution >= 0.6 is 0 Å². The van der Waals surface area contributed by atoms with Crippen LogP contribution in [-0.4, -0.2) is 45.0 Å². The first-order chi connectivity index (χ1) is 9.96. The van der Waals surface area contributed by atoms with Gasteiger partial charge in [0.25, 0.3) is 0 Å². The Bertz CT molecular complexity index is 607. The number of amidine groups is 1. The van der Waals surface area contributed by atoms with Crippen LogP contribution in [0.3, 0.4) is 0 Å². The summed E-state index contributed by atoms with van der Waals surface area (Å²) < 4.78 is 31.6. The Balaban J connectivity index is 2.20. The minimum absolute atomic E-state index is 0.0171. The molecular formula is C13H19N3O4S. The fraction of sp³-hybridized carbons (Fsp3) is 0.462. The third-order valence-electron chi connectivity index (χ3n) is 3.61. The Labute approximate surface area is 124 Å². The highest BCUT2D eigenvalue weighted by atomic mass is 32.2. The molecule has 0 bridgehead atoms. The van der Waals surface area contributed by atoms with Gasteiger partial charge in [0.05, 0.1) is 10.9 Å². The fourth-order valence-electron chi connectivity index (χ4n) is 2.24. The van der Waals surface area contributed by atoms with Crippen LogP contribution in [0, 0.1) is 0 Å². The number of rotatable bonds is 4. The average Bonchev–Trinajstić information content (AvgIpc) is 2.54. The lowest BCUT2D eigenvalue weighted by Crippen LogP contribution is -2.39. The smallest absolute Gasteiger partial charge is 0.237 e. The van der Waals surface area contributed by atoms with Gasteiger partial charge < -0.3 is 15.7 Å². The number of nitrogens with two attached hydrogens (primary N) is 1. The highest BCUT2D eigenvalue weighted by molar-refractivity contribution is 7.93. The largest absolute Gasteiger partial charge is 0.409 e. The highest BCUT2D eigenvalue weighted by Gasteiger charge is 2.31. The zero-order valence-corrected chi connectivity index (χ0v) is 12.6. The summed E-state index contributed by atoms with van der Waals surface area (Å²) in [6.07, 6.45) is 1.02. The van der Waals surface area contributed by atoms with E-state index in [0.717, 1.165) is 0 Å². The third kappa shape index (κ3) is 3.27. The van der Waals surface area contributed by atoms with Crippen molar-refractivity contribution >= 4 is 21.5 Å². The fourth-order valence-corrected chi connectivity index (χ4v) is 3.90. The molecule has 8 heteroatoms. The summed E-state index contributed by atoms with van der Waals surface area (Å²) in [5, 5.41) is 11.1. The lowest BCUT2D eigenvalue weighted by Gasteiger charge is -2.28. The molecule has 116 valence electrons. The molecule has 0 amide bonds. The number of benzene rings is 1. The number of oxime groups is 1. The zero-order valence-electron chi connectivity index (χ0n) is 11.8. The summed E-state index contributed by atoms with van der Waals surface area (Å²) in [6, 6.07) is 6.48. The van der Waals surface area contributed by atoms with E-state index in [1.54, 1.807) is 24.3 Å². The molecule has 0 saturated carbocycles. The maximum absolute atomic E-state index is 12.5. The predicted molar refractivity (Wildman–Crippen MR) is 80.1 cm³/mol. The molecule has 1 heterocycles. The quantitative estimate of drug-likeness (QED) is 0.369. The van der Waals surface area contributed by atoms with E-state index in [4.69, 9.17) is 15.7 Å². The van der Waals surface area contributed by atoms with E-state index in [-0.39, 0.29) is 5.84 Å². The Morgan fingerprint density at radius 2 is 1.90 bits per heavy atom. The second-order valence-electron chi connectivity index (χ2n) is 4.86. The molecule has 21 heavy (non-hydrogen) atoms. The molecule has 1 aliphatic heterocycles. The molecule has 0 aliphatic carbocycles. The van der Waals surface area contributed by atoms with Gasteiger partial charge in [0, 0.05) is 25.8 Å². The number of sulfonamides is 1. The molecule has 0 atom stereocenters. The van der Waals surface area contributed by atoms with Gasteiger partial charge in [0.15, 0.2) is 5.84 Å². The van der Waals surface area contributed by atoms with Crippen LogP contribution in [0.1, 0.15) is 18.4 Å². The van der Waals surface area contributed by atoms with Crippen LogP contribution < -0.4 is 10.0 Å². The van der Waals surface area contributed by atoms with E-state index in [2.05, 4.69) is 5.16 Å². The molecule has 0 aromatic heterocycles. The van der Waals surface area contributed by atoms with Gasteiger partial charge in [0.2, 0.25) is 10.0 Å². The average molecular weight is 313 g/mol. The summed E-state index contributed by atoms with van der Waals surface area (Å²) in [5.74, 6) is -0.0171. The molecule has 1 aromatic carbocycles. The maximum atomic E-state index is 12.5. The summed E-state index contributed by atoms with van der Waals surface area (Å²) in [4.78, 5) is 0. The molecular weight excluding hydrogens is 294 g/mol. The first-order valence-corrected chi connectivity index (χ1v) is 8.10. The zero-order chi connectivity index (χ0) is 15.5. The lowest BCUT2D eigenvalue weighted by molar-refractivity contribution is 0.0983. The standard InChI is InChI=1S/C13H19N3O4S/c1-16(21(18,19)12-6-8-20-9-7-12)11-4-2-10(3-5-11)13(14)15-17/h2-5,12,17H,6-9H2,1H3,(H2,14,15). The van der Waals surface area contributed by atoms with Crippen molar-refractivity contribution in [2.24, 2.45) is 10.9 Å². The summed E-state index contributed by atoms with van der Waals surface area (Å²) >= 11 is 0. The minimum atomic E-state index is -3.41. The van der Waals surface area contributed by atoms with Crippen molar-refractivity contribution in [3.8, 4) is 0 Å². The normalized spacial score (nSPS) is 17.7. The van der Waals surface area contributed by atoms with Crippen molar-refractivity contribution in [2.75, 3.05) is 24.6 Å². The molecule has 0 spiro atoms. The number of hydrogen-bond acceptors (Lipinski definition) is 5. The minimum Gasteiger partial charge on any atom is -0.409 e. The van der Waals surface area contributed by atoms with Crippen molar-refractivity contribution in [3.05, 3.63) is 29.8 Å². The van der Waals surface area contributed by atoms with Gasteiger partial charge in [-0.1, -0.05) is 5.16 Å². The van der Waals surface area contributed by atoms with E-state index in [9.17, 15) is 8.42 Å². The van der Waals surface area contributed by atoms with Gasteiger partial charge >= 0.3 is 0 Å². The number of anilines is 1. The Kier molecular flexibility index (Phi) is 4.69. The summed E-state index contributed by atoms with van der Waals surface area (Å²) in [6.45, 7) is 0.945. The molecule has 2 rings (SSSR count). The van der Waals surface area contributed by atoms with E-state index in [1.807, 2.05) is 0 Å². The Morgan fingerprint density at radius 1 is 1.33 bits per heavy atom. The second kappa shape index (κ2) is 6.31. The van der Waals surface area contributed by atoms with Gasteiger partial charge in [-0.15, -0.1) is 0 Å². The van der Waals surface area contributed by atoms with E-state index >= 15 is 0 Å². The van der Waals surface area contributed by atoms with Crippen LogP contribution in [-0.2, 0) is 14.8 Å². The monoisotopic (exact) mass is 313 g/mol. The van der Waals surface area contributed by atoms with Crippen molar-refractivity contribution in [3.63, 3.8) is 0 Å². The first-order valence-electron chi connectivity index (χ1n) is 6.60. The number of ether oxygens (including phenoxy) is 1. The number of hydrogen-bond donors (Lipinski definition) is 2. The van der Waals surface area contributed by atoms with Gasteiger partial charge in [-0.25, -0.2) is 8.42 Å². The first kappa shape index (κ1) is 15.6. The van der Waals surface area contributed by atoms with Crippen molar-refractivity contribution in [1.29, 1.82) is 0 Å². The highest BCUT2D eigenvalue weighted by Crippen LogP contribution is 2.24. The van der Waals surface area contributed by atoms with Gasteiger partial charge in [-0.2, -0.15) is 0 Å². The van der Waals surface area contributed by atoms with E-state index in [1.165, 1.54) is 11.4 Å². The molecule has 1 aliphatic rings. The predicted octanol–water partition coefficient (Wildman–Crippen LogP) is 0.726. The molecule has 7 nitrogen and oxygen atoms in total. The third-order valence-corrected chi connectivity index (χ3v) is 5.89. The molecule has 1 fully saturated rings. The van der Waals surface area contributed by atoms with Crippen molar-refractivity contribution in [2.45, 2.75) is 18.1 Å². The van der Waals surface area contributed by atoms with Gasteiger partial charge in [0.1, 0.15) is 0 Å². The van der Waals surface area contributed by atoms with Crippen LogP contribution in [0.5, 0.6) is 0 Å². The van der Waals surface area contributed by atoms with Crippen molar-refractivity contribution in [1.82, 2.24) is 0 Å². The molecule has 0 radical (unpaired) electrons. The molecule has 1 aromatic rings. The second-order valence-corrected chi connectivity index (χ2v) is 7.10. The Morgan fingerprint density at radius 3 is 2.43 bits per heavy atom. The Hall–Kier alpha value is -1.80. The summed E-state index contributed by atoms with van der Waals surface area (Å²) in [7, 11) is -1.88. The number of nitrogens with zero attached hydrogens (tertiary/aromatic N) is 2. The maximum Gasteiger partial charge on any atom is 0.237 e. The van der Waals surface area contributed by atoms with Crippen LogP contribution in [0.15, 0.2) is 29.4 Å². The molecule has 1 saturated heterocycles. The van der Waals surface area contributed by atoms with Crippen LogP contribution in [0.4, 0.5) is 5.69 Å². The van der Waals surface area contributed by atoms with Crippen molar-refractivity contribution < 1.29 is 18.4 Å². The molecule has 3 N–H and O–H groups in total. The van der Waals surface area contributed by atoms with E-state index < -0.39 is 15.3 Å². The van der Waals surface area contributed by atoms with Crippen LogP contribution in [0.2, 0.25) is 0 Å². The SMILES string of the molecule is CN(c1ccc(C(N)=NO)cc1)S(=O)(=O)C1CCOCC1. The van der Waals surface area contributed by atoms with Gasteiger partial charge in [-0.3, -0.25) is 4.31 Å². The molecule has 0 unspecified atom stereocenters. The topological polar surface area (TPSA) is 105 Å². The van der Waals surface area contributed by atoms with Gasteiger partial charge in [-0.05, 0) is 37.1 Å².